The van der Waals surface area contributed by atoms with Crippen LogP contribution in [-0.4, -0.2) is 20.9 Å². The minimum atomic E-state index is 0. The molecule has 4 nitrogen and oxygen atoms in total. The molecule has 0 saturated carbocycles. The fourth-order valence-electron chi connectivity index (χ4n) is 6.23. The first kappa shape index (κ1) is 40.3. The van der Waals surface area contributed by atoms with Gasteiger partial charge in [-0.25, -0.2) is 0 Å². The summed E-state index contributed by atoms with van der Waals surface area (Å²) in [5, 5.41) is 14.4. The Kier molecular flexibility index (Phi) is 14.9. The molecule has 3 aromatic heterocycles. The van der Waals surface area contributed by atoms with Crippen LogP contribution in [0.1, 0.15) is 99.1 Å². The van der Waals surface area contributed by atoms with E-state index in [0.29, 0.717) is 5.92 Å². The molecule has 1 radical (unpaired) electrons. The second-order valence-electron chi connectivity index (χ2n) is 14.3. The molecule has 0 fully saturated rings. The molecule has 49 heavy (non-hydrogen) atoms. The summed E-state index contributed by atoms with van der Waals surface area (Å²) in [7, 11) is 0. The maximum Gasteiger partial charge on any atom is 0.162 e. The van der Waals surface area contributed by atoms with Gasteiger partial charge in [-0.05, 0) is 72.1 Å². The normalized spacial score (nSPS) is 12.0. The molecule has 0 unspecified atom stereocenters. The van der Waals surface area contributed by atoms with Crippen molar-refractivity contribution < 1.29 is 30.0 Å². The van der Waals surface area contributed by atoms with Crippen LogP contribution in [0.15, 0.2) is 78.1 Å². The number of rotatable bonds is 11. The summed E-state index contributed by atoms with van der Waals surface area (Å²) in [6, 6.07) is 20.9. The molecule has 0 bridgehead atoms. The average Bonchev–Trinajstić information content (AvgIpc) is 3.46. The van der Waals surface area contributed by atoms with E-state index < -0.39 is 0 Å². The molecule has 263 valence electrons. The zero-order chi connectivity index (χ0) is 35.0. The Hall–Kier alpha value is -3.18. The number of fused-ring (bicyclic) bond motifs is 2. The topological polar surface area (TPSA) is 63.1 Å². The first-order valence-corrected chi connectivity index (χ1v) is 18.5. The van der Waals surface area contributed by atoms with Gasteiger partial charge in [-0.1, -0.05) is 97.5 Å². The Balaban J connectivity index is 0.000000347. The summed E-state index contributed by atoms with van der Waals surface area (Å²) >= 11 is 1.79. The number of carbonyl (C=O) groups excluding carboxylic acids is 1. The van der Waals surface area contributed by atoms with Gasteiger partial charge in [0, 0.05) is 61.7 Å². The average molecular weight is 854 g/mol. The molecule has 6 heteroatoms. The first-order valence-electron chi connectivity index (χ1n) is 17.6. The van der Waals surface area contributed by atoms with Gasteiger partial charge in [-0.3, -0.25) is 14.8 Å². The van der Waals surface area contributed by atoms with E-state index in [1.165, 1.54) is 27.3 Å². The summed E-state index contributed by atoms with van der Waals surface area (Å²) in [6.45, 7) is 19.4. The maximum atomic E-state index is 11.7. The Labute approximate surface area is 311 Å². The maximum absolute atomic E-state index is 11.7. The van der Waals surface area contributed by atoms with Crippen LogP contribution in [0.3, 0.4) is 0 Å². The van der Waals surface area contributed by atoms with E-state index in [9.17, 15) is 9.90 Å². The molecule has 1 N–H and O–H groups in total. The molecule has 5 rings (SSSR count). The summed E-state index contributed by atoms with van der Waals surface area (Å²) in [5.74, 6) is 1.18. The van der Waals surface area contributed by atoms with Crippen LogP contribution in [0.25, 0.3) is 43.4 Å². The number of nitrogens with zero attached hydrogens (tertiary/aromatic N) is 2. The van der Waals surface area contributed by atoms with Crippen molar-refractivity contribution in [3.05, 3.63) is 95.3 Å². The van der Waals surface area contributed by atoms with Crippen molar-refractivity contribution in [2.24, 2.45) is 17.8 Å². The largest absolute Gasteiger partial charge is 0.512 e. The van der Waals surface area contributed by atoms with Crippen molar-refractivity contribution in [3.63, 3.8) is 0 Å². The van der Waals surface area contributed by atoms with Crippen LogP contribution < -0.4 is 0 Å². The molecule has 0 spiro atoms. The van der Waals surface area contributed by atoms with Crippen molar-refractivity contribution >= 4 is 38.1 Å². The van der Waals surface area contributed by atoms with Crippen molar-refractivity contribution in [2.75, 3.05) is 0 Å². The molecule has 0 amide bonds. The first-order chi connectivity index (χ1) is 22.9. The zero-order valence-corrected chi connectivity index (χ0v) is 33.9. The van der Waals surface area contributed by atoms with Gasteiger partial charge in [-0.2, -0.15) is 0 Å². The molecular formula is C43H53IrN2O2S-. The van der Waals surface area contributed by atoms with E-state index >= 15 is 0 Å². The van der Waals surface area contributed by atoms with Gasteiger partial charge in [-0.15, -0.1) is 40.5 Å². The Morgan fingerprint density at radius 1 is 0.918 bits per heavy atom. The monoisotopic (exact) mass is 854 g/mol. The third-order valence-electron chi connectivity index (χ3n) is 9.15. The van der Waals surface area contributed by atoms with Crippen LogP contribution in [-0.2, 0) is 36.7 Å². The van der Waals surface area contributed by atoms with Gasteiger partial charge in [0.15, 0.2) is 5.78 Å². The summed E-state index contributed by atoms with van der Waals surface area (Å²) in [5.41, 5.74) is 8.08. The predicted octanol–water partition coefficient (Wildman–Crippen LogP) is 12.3. The fraction of sp³-hybridized carbons (Fsp3) is 0.419. The van der Waals surface area contributed by atoms with Crippen LogP contribution in [0.2, 0.25) is 0 Å². The molecule has 3 heterocycles. The summed E-state index contributed by atoms with van der Waals surface area (Å²) in [6.07, 6.45) is 9.87. The van der Waals surface area contributed by atoms with E-state index in [1.807, 2.05) is 40.1 Å². The van der Waals surface area contributed by atoms with Crippen molar-refractivity contribution in [3.8, 4) is 22.4 Å². The Morgan fingerprint density at radius 2 is 1.59 bits per heavy atom. The van der Waals surface area contributed by atoms with E-state index in [4.69, 9.17) is 9.97 Å². The number of hydrogen-bond acceptors (Lipinski definition) is 5. The third kappa shape index (κ3) is 10.2. The van der Waals surface area contributed by atoms with Gasteiger partial charge < -0.3 is 5.11 Å². The minimum absolute atomic E-state index is 0. The van der Waals surface area contributed by atoms with Crippen LogP contribution in [0.4, 0.5) is 0 Å². The van der Waals surface area contributed by atoms with E-state index in [1.54, 1.807) is 11.3 Å². The standard InChI is InChI=1S/C30H29N2S.C13H24O2.Ir/c1-19(2)12-24-18-33-28-16-23(17-32-29(24)28)20-10-11-31-27(15-20)22-13-21-8-6-7-9-25(21)26(14-22)30(3,4)5;1-5-10(6-2)12(14)9-13(15)11(7-3)8-4;/h6-11,14-19H,12H2,1-5H3;9-11,14H,5-8H2,1-4H3;/q-1;;/b;12-9-;. The molecule has 0 aliphatic rings. The Bertz CT molecular complexity index is 1860. The van der Waals surface area contributed by atoms with Gasteiger partial charge >= 0.3 is 0 Å². The quantitative estimate of drug-likeness (QED) is 0.0817. The number of pyridine rings is 2. The fourth-order valence-corrected chi connectivity index (χ4v) is 7.20. The van der Waals surface area contributed by atoms with Crippen molar-refractivity contribution in [2.45, 2.75) is 99.8 Å². The second kappa shape index (κ2) is 18.2. The van der Waals surface area contributed by atoms with Crippen LogP contribution >= 0.6 is 11.3 Å². The van der Waals surface area contributed by atoms with Crippen LogP contribution in [0, 0.1) is 23.8 Å². The smallest absolute Gasteiger partial charge is 0.162 e. The van der Waals surface area contributed by atoms with Gasteiger partial charge in [0.25, 0.3) is 0 Å². The van der Waals surface area contributed by atoms with E-state index in [2.05, 4.69) is 94.6 Å². The van der Waals surface area contributed by atoms with Crippen LogP contribution in [0.5, 0.6) is 0 Å². The molecule has 0 aliphatic carbocycles. The summed E-state index contributed by atoms with van der Waals surface area (Å²) in [4.78, 5) is 21.3. The number of carbonyl (C=O) groups is 1. The van der Waals surface area contributed by atoms with Gasteiger partial charge in [0.1, 0.15) is 0 Å². The SMILES string of the molecule is CC(C)Cc1csc2cc(-c3ccnc(-c4[c-]c5ccccc5c(C(C)(C)C)c4)c3)cnc12.CCC(CC)C(=O)/C=C(\O)C(CC)CC.[Ir]. The minimum Gasteiger partial charge on any atom is -0.512 e. The third-order valence-corrected chi connectivity index (χ3v) is 10.1. The number of aliphatic hydroxyl groups is 1. The number of hydrogen-bond donors (Lipinski definition) is 1. The molecule has 0 aliphatic heterocycles. The van der Waals surface area contributed by atoms with Crippen molar-refractivity contribution in [1.29, 1.82) is 0 Å². The number of benzene rings is 2. The molecule has 0 atom stereocenters. The van der Waals surface area contributed by atoms with E-state index in [-0.39, 0.29) is 48.9 Å². The number of ketones is 1. The number of aliphatic hydroxyl groups excluding tert-OH is 1. The van der Waals surface area contributed by atoms with E-state index in [0.717, 1.165) is 65.4 Å². The predicted molar refractivity (Wildman–Crippen MR) is 206 cm³/mol. The van der Waals surface area contributed by atoms with Crippen molar-refractivity contribution in [1.82, 2.24) is 9.97 Å². The van der Waals surface area contributed by atoms with Gasteiger partial charge in [0.05, 0.1) is 16.0 Å². The number of thiophene rings is 1. The molecule has 2 aromatic carbocycles. The summed E-state index contributed by atoms with van der Waals surface area (Å²) < 4.78 is 1.24. The zero-order valence-electron chi connectivity index (χ0n) is 30.7. The number of allylic oxidation sites excluding steroid dienone is 2. The second-order valence-corrected chi connectivity index (χ2v) is 15.2. The Morgan fingerprint density at radius 3 is 2.22 bits per heavy atom. The molecular weight excluding hydrogens is 801 g/mol. The number of aromatic nitrogens is 2. The van der Waals surface area contributed by atoms with Gasteiger partial charge in [0.2, 0.25) is 0 Å². The molecule has 0 saturated heterocycles. The molecule has 5 aromatic rings.